The zero-order valence-electron chi connectivity index (χ0n) is 10.5. The van der Waals surface area contributed by atoms with Gasteiger partial charge in [0.1, 0.15) is 5.82 Å². The molecule has 1 N–H and O–H groups in total. The molecule has 1 aliphatic carbocycles. The van der Waals surface area contributed by atoms with E-state index in [4.69, 9.17) is 11.6 Å². The van der Waals surface area contributed by atoms with Crippen molar-refractivity contribution in [1.82, 2.24) is 0 Å². The first kappa shape index (κ1) is 12.5. The Bertz CT molecular complexity index is 593. The van der Waals surface area contributed by atoms with Gasteiger partial charge in [0, 0.05) is 11.6 Å². The largest absolute Gasteiger partial charge is 0.379 e. The average Bonchev–Trinajstić information content (AvgIpc) is 3.25. The van der Waals surface area contributed by atoms with E-state index in [1.807, 2.05) is 6.07 Å². The number of benzene rings is 2. The predicted molar refractivity (Wildman–Crippen MR) is 77.2 cm³/mol. The van der Waals surface area contributed by atoms with Gasteiger partial charge in [0.2, 0.25) is 0 Å². The third-order valence-corrected chi connectivity index (χ3v) is 3.71. The summed E-state index contributed by atoms with van der Waals surface area (Å²) in [4.78, 5) is 0. The Morgan fingerprint density at radius 3 is 2.74 bits per heavy atom. The van der Waals surface area contributed by atoms with Crippen molar-refractivity contribution in [2.45, 2.75) is 25.3 Å². The summed E-state index contributed by atoms with van der Waals surface area (Å²) in [6.45, 7) is 0.629. The van der Waals surface area contributed by atoms with E-state index >= 15 is 0 Å². The lowest BCUT2D eigenvalue weighted by Gasteiger charge is -2.11. The highest BCUT2D eigenvalue weighted by Gasteiger charge is 2.25. The minimum atomic E-state index is -0.270. The first-order valence-corrected chi connectivity index (χ1v) is 6.88. The van der Waals surface area contributed by atoms with E-state index in [-0.39, 0.29) is 5.82 Å². The molecule has 1 fully saturated rings. The molecule has 3 heteroatoms. The quantitative estimate of drug-likeness (QED) is 0.831. The van der Waals surface area contributed by atoms with Gasteiger partial charge in [-0.15, -0.1) is 0 Å². The molecule has 1 nitrogen and oxygen atoms in total. The van der Waals surface area contributed by atoms with Crippen LogP contribution in [0.25, 0.3) is 0 Å². The minimum absolute atomic E-state index is 0.270. The fourth-order valence-electron chi connectivity index (χ4n) is 2.31. The van der Waals surface area contributed by atoms with Crippen LogP contribution in [0.15, 0.2) is 42.5 Å². The van der Waals surface area contributed by atoms with Crippen molar-refractivity contribution in [3.05, 3.63) is 64.4 Å². The first-order chi connectivity index (χ1) is 9.24. The standard InChI is InChI=1S/C16H15ClFN/c17-13-7-8-15(18)16(9-13)19-10-12-3-1-2-4-14(12)11-5-6-11/h1-4,7-9,11,19H,5-6,10H2. The topological polar surface area (TPSA) is 12.0 Å². The molecule has 0 saturated heterocycles. The van der Waals surface area contributed by atoms with Crippen molar-refractivity contribution in [2.24, 2.45) is 0 Å². The third-order valence-electron chi connectivity index (χ3n) is 3.47. The van der Waals surface area contributed by atoms with Crippen LogP contribution in [0.5, 0.6) is 0 Å². The molecule has 0 radical (unpaired) electrons. The van der Waals surface area contributed by atoms with E-state index < -0.39 is 0 Å². The second-order valence-electron chi connectivity index (χ2n) is 4.95. The molecule has 0 aromatic heterocycles. The number of halogens is 2. The highest BCUT2D eigenvalue weighted by molar-refractivity contribution is 6.30. The number of hydrogen-bond donors (Lipinski definition) is 1. The number of rotatable bonds is 4. The molecular weight excluding hydrogens is 261 g/mol. The fraction of sp³-hybridized carbons (Fsp3) is 0.250. The van der Waals surface area contributed by atoms with Gasteiger partial charge in [0.25, 0.3) is 0 Å². The normalized spacial score (nSPS) is 14.4. The summed E-state index contributed by atoms with van der Waals surface area (Å²) in [5.41, 5.74) is 3.08. The molecule has 0 aliphatic heterocycles. The second kappa shape index (κ2) is 5.22. The Hall–Kier alpha value is -1.54. The summed E-state index contributed by atoms with van der Waals surface area (Å²) in [6, 6.07) is 12.9. The van der Waals surface area contributed by atoms with Crippen LogP contribution in [0, 0.1) is 5.82 Å². The first-order valence-electron chi connectivity index (χ1n) is 6.51. The number of nitrogens with one attached hydrogen (secondary N) is 1. The van der Waals surface area contributed by atoms with Crippen LogP contribution in [0.2, 0.25) is 5.02 Å². The van der Waals surface area contributed by atoms with Crippen LogP contribution in [0.4, 0.5) is 10.1 Å². The van der Waals surface area contributed by atoms with Gasteiger partial charge in [0.15, 0.2) is 0 Å². The molecule has 1 saturated carbocycles. The van der Waals surface area contributed by atoms with Crippen LogP contribution in [-0.2, 0) is 6.54 Å². The monoisotopic (exact) mass is 275 g/mol. The van der Waals surface area contributed by atoms with Crippen LogP contribution in [0.3, 0.4) is 0 Å². The van der Waals surface area contributed by atoms with E-state index in [2.05, 4.69) is 23.5 Å². The van der Waals surface area contributed by atoms with Gasteiger partial charge < -0.3 is 5.32 Å². The molecule has 0 bridgehead atoms. The molecule has 19 heavy (non-hydrogen) atoms. The van der Waals surface area contributed by atoms with Gasteiger partial charge in [-0.2, -0.15) is 0 Å². The molecule has 3 rings (SSSR count). The molecule has 0 atom stereocenters. The SMILES string of the molecule is Fc1ccc(Cl)cc1NCc1ccccc1C1CC1. The lowest BCUT2D eigenvalue weighted by atomic mass is 10.0. The molecule has 0 spiro atoms. The average molecular weight is 276 g/mol. The van der Waals surface area contributed by atoms with Gasteiger partial charge in [-0.3, -0.25) is 0 Å². The highest BCUT2D eigenvalue weighted by atomic mass is 35.5. The summed E-state index contributed by atoms with van der Waals surface area (Å²) in [7, 11) is 0. The van der Waals surface area contributed by atoms with Crippen molar-refractivity contribution < 1.29 is 4.39 Å². The molecule has 0 heterocycles. The smallest absolute Gasteiger partial charge is 0.146 e. The fourth-order valence-corrected chi connectivity index (χ4v) is 2.48. The summed E-state index contributed by atoms with van der Waals surface area (Å²) in [5.74, 6) is 0.426. The van der Waals surface area contributed by atoms with Crippen LogP contribution < -0.4 is 5.32 Å². The zero-order valence-corrected chi connectivity index (χ0v) is 11.3. The molecule has 2 aromatic rings. The molecule has 0 amide bonds. The Morgan fingerprint density at radius 2 is 1.95 bits per heavy atom. The van der Waals surface area contributed by atoms with Crippen molar-refractivity contribution in [3.8, 4) is 0 Å². The van der Waals surface area contributed by atoms with Crippen LogP contribution in [-0.4, -0.2) is 0 Å². The van der Waals surface area contributed by atoms with Gasteiger partial charge in [-0.05, 0) is 48.1 Å². The molecule has 2 aromatic carbocycles. The van der Waals surface area contributed by atoms with E-state index in [0.29, 0.717) is 23.2 Å². The second-order valence-corrected chi connectivity index (χ2v) is 5.39. The van der Waals surface area contributed by atoms with Gasteiger partial charge in [-0.25, -0.2) is 4.39 Å². The van der Waals surface area contributed by atoms with E-state index in [9.17, 15) is 4.39 Å². The van der Waals surface area contributed by atoms with Crippen LogP contribution in [0.1, 0.15) is 29.9 Å². The molecular formula is C16H15ClFN. The maximum atomic E-state index is 13.6. The summed E-state index contributed by atoms with van der Waals surface area (Å²) < 4.78 is 13.6. The lowest BCUT2D eigenvalue weighted by molar-refractivity contribution is 0.630. The van der Waals surface area contributed by atoms with Gasteiger partial charge in [-0.1, -0.05) is 35.9 Å². The Morgan fingerprint density at radius 1 is 1.16 bits per heavy atom. The third kappa shape index (κ3) is 2.90. The maximum absolute atomic E-state index is 13.6. The Kier molecular flexibility index (Phi) is 3.43. The lowest BCUT2D eigenvalue weighted by Crippen LogP contribution is -2.03. The Labute approximate surface area is 117 Å². The predicted octanol–water partition coefficient (Wildman–Crippen LogP) is 4.97. The number of anilines is 1. The zero-order chi connectivity index (χ0) is 13.2. The van der Waals surface area contributed by atoms with Crippen molar-refractivity contribution in [1.29, 1.82) is 0 Å². The van der Waals surface area contributed by atoms with Crippen LogP contribution >= 0.6 is 11.6 Å². The highest BCUT2D eigenvalue weighted by Crippen LogP contribution is 2.41. The summed E-state index contributed by atoms with van der Waals surface area (Å²) in [5, 5.41) is 3.67. The van der Waals surface area contributed by atoms with Gasteiger partial charge >= 0.3 is 0 Å². The van der Waals surface area contributed by atoms with Crippen molar-refractivity contribution in [2.75, 3.05) is 5.32 Å². The Balaban J connectivity index is 1.77. The van der Waals surface area contributed by atoms with E-state index in [1.54, 1.807) is 12.1 Å². The molecule has 1 aliphatic rings. The van der Waals surface area contributed by atoms with Gasteiger partial charge in [0.05, 0.1) is 5.69 Å². The summed E-state index contributed by atoms with van der Waals surface area (Å²) in [6.07, 6.45) is 2.53. The van der Waals surface area contributed by atoms with Crippen molar-refractivity contribution in [3.63, 3.8) is 0 Å². The van der Waals surface area contributed by atoms with E-state index in [1.165, 1.54) is 30.0 Å². The van der Waals surface area contributed by atoms with E-state index in [0.717, 1.165) is 0 Å². The summed E-state index contributed by atoms with van der Waals surface area (Å²) >= 11 is 5.88. The molecule has 0 unspecified atom stereocenters. The number of hydrogen-bond acceptors (Lipinski definition) is 1. The van der Waals surface area contributed by atoms with Crippen molar-refractivity contribution >= 4 is 17.3 Å². The molecule has 98 valence electrons. The minimum Gasteiger partial charge on any atom is -0.379 e. The maximum Gasteiger partial charge on any atom is 0.146 e.